The van der Waals surface area contributed by atoms with Gasteiger partial charge in [-0.05, 0) is 12.1 Å². The molecule has 0 atom stereocenters. The Morgan fingerprint density at radius 3 is 2.85 bits per heavy atom. The molecule has 0 unspecified atom stereocenters. The van der Waals surface area contributed by atoms with Gasteiger partial charge in [-0.15, -0.1) is 0 Å². The van der Waals surface area contributed by atoms with Crippen LogP contribution >= 0.6 is 23.2 Å². The molecule has 0 saturated heterocycles. The Morgan fingerprint density at radius 1 is 1.35 bits per heavy atom. The number of carboxylic acid groups (broad SMARTS) is 1. The fourth-order valence-corrected chi connectivity index (χ4v) is 2.00. The zero-order chi connectivity index (χ0) is 14.3. The number of nitrogens with zero attached hydrogens (tertiary/aromatic N) is 3. The topological polar surface area (TPSA) is 93.0 Å². The first-order valence-electron chi connectivity index (χ1n) is 5.33. The van der Waals surface area contributed by atoms with E-state index in [-0.39, 0.29) is 5.75 Å². The van der Waals surface area contributed by atoms with Gasteiger partial charge in [-0.25, -0.2) is 14.5 Å². The van der Waals surface area contributed by atoms with Crippen LogP contribution in [0.4, 0.5) is 4.79 Å². The smallest absolute Gasteiger partial charge is 0.449 e. The number of nitrogens with one attached hydrogen (secondary N) is 1. The molecule has 0 saturated carbocycles. The fraction of sp³-hybridized carbons (Fsp3) is 0. The Bertz CT molecular complexity index is 772. The van der Waals surface area contributed by atoms with Crippen molar-refractivity contribution < 1.29 is 14.6 Å². The first kappa shape index (κ1) is 12.8. The van der Waals surface area contributed by atoms with E-state index in [1.807, 2.05) is 0 Å². The Labute approximate surface area is 121 Å². The molecule has 0 amide bonds. The van der Waals surface area contributed by atoms with E-state index < -0.39 is 6.16 Å². The molecule has 0 aliphatic rings. The lowest BCUT2D eigenvalue weighted by Gasteiger charge is -1.93. The quantitative estimate of drug-likeness (QED) is 0.709. The SMILES string of the molecule is O=C(O)Oc1cnn(-c2nc3cc(Cl)c(Cl)cc3[nH]2)c1. The number of rotatable bonds is 2. The van der Waals surface area contributed by atoms with E-state index in [1.54, 1.807) is 12.1 Å². The number of halogens is 2. The van der Waals surface area contributed by atoms with Crippen LogP contribution in [0, 0.1) is 0 Å². The summed E-state index contributed by atoms with van der Waals surface area (Å²) < 4.78 is 5.83. The minimum absolute atomic E-state index is 0.0917. The minimum atomic E-state index is -1.41. The number of ether oxygens (including phenoxy) is 1. The van der Waals surface area contributed by atoms with Crippen LogP contribution in [-0.4, -0.2) is 31.0 Å². The van der Waals surface area contributed by atoms with E-state index in [0.29, 0.717) is 27.0 Å². The summed E-state index contributed by atoms with van der Waals surface area (Å²) in [6.07, 6.45) is 1.24. The lowest BCUT2D eigenvalue weighted by molar-refractivity contribution is 0.144. The van der Waals surface area contributed by atoms with Crippen LogP contribution in [0.3, 0.4) is 0 Å². The number of imidazole rings is 1. The molecule has 3 aromatic rings. The second kappa shape index (κ2) is 4.69. The Balaban J connectivity index is 2.01. The minimum Gasteiger partial charge on any atom is -0.449 e. The Morgan fingerprint density at radius 2 is 2.10 bits per heavy atom. The van der Waals surface area contributed by atoms with Gasteiger partial charge in [-0.3, -0.25) is 0 Å². The number of hydrogen-bond donors (Lipinski definition) is 2. The van der Waals surface area contributed by atoms with Gasteiger partial charge in [0.25, 0.3) is 0 Å². The van der Waals surface area contributed by atoms with Crippen molar-refractivity contribution in [3.8, 4) is 11.7 Å². The highest BCUT2D eigenvalue weighted by Crippen LogP contribution is 2.27. The fourth-order valence-electron chi connectivity index (χ4n) is 1.68. The monoisotopic (exact) mass is 312 g/mol. The molecule has 2 N–H and O–H groups in total. The van der Waals surface area contributed by atoms with Gasteiger partial charge >= 0.3 is 6.16 Å². The number of aromatic amines is 1. The molecule has 20 heavy (non-hydrogen) atoms. The highest BCUT2D eigenvalue weighted by molar-refractivity contribution is 6.42. The molecule has 2 heterocycles. The maximum Gasteiger partial charge on any atom is 0.511 e. The number of hydrogen-bond acceptors (Lipinski definition) is 4. The summed E-state index contributed by atoms with van der Waals surface area (Å²) in [7, 11) is 0. The summed E-state index contributed by atoms with van der Waals surface area (Å²) in [5.74, 6) is 0.479. The molecule has 102 valence electrons. The second-order valence-electron chi connectivity index (χ2n) is 3.83. The maximum atomic E-state index is 10.4. The normalized spacial score (nSPS) is 10.9. The average Bonchev–Trinajstić information content (AvgIpc) is 2.95. The number of aromatic nitrogens is 4. The van der Waals surface area contributed by atoms with Gasteiger partial charge in [-0.1, -0.05) is 23.2 Å². The van der Waals surface area contributed by atoms with Gasteiger partial charge in [0.2, 0.25) is 5.95 Å². The number of fused-ring (bicyclic) bond motifs is 1. The summed E-state index contributed by atoms with van der Waals surface area (Å²) in [4.78, 5) is 17.7. The molecule has 2 aromatic heterocycles. The van der Waals surface area contributed by atoms with E-state index in [9.17, 15) is 4.79 Å². The van der Waals surface area contributed by atoms with Gasteiger partial charge in [0.1, 0.15) is 0 Å². The van der Waals surface area contributed by atoms with Crippen LogP contribution in [0.5, 0.6) is 5.75 Å². The maximum absolute atomic E-state index is 10.4. The molecule has 0 spiro atoms. The third-order valence-electron chi connectivity index (χ3n) is 2.49. The summed E-state index contributed by atoms with van der Waals surface area (Å²) in [6.45, 7) is 0. The summed E-state index contributed by atoms with van der Waals surface area (Å²) >= 11 is 11.8. The second-order valence-corrected chi connectivity index (χ2v) is 4.65. The first-order chi connectivity index (χ1) is 9.52. The van der Waals surface area contributed by atoms with E-state index in [1.165, 1.54) is 17.1 Å². The van der Waals surface area contributed by atoms with Crippen molar-refractivity contribution in [2.75, 3.05) is 0 Å². The van der Waals surface area contributed by atoms with Gasteiger partial charge in [-0.2, -0.15) is 5.10 Å². The van der Waals surface area contributed by atoms with Crippen molar-refractivity contribution in [3.05, 3.63) is 34.6 Å². The standard InChI is InChI=1S/C11H6Cl2N4O3/c12-6-1-8-9(2-7(6)13)16-10(15-8)17-4-5(3-14-17)20-11(18)19/h1-4H,(H,15,16)(H,18,19). The molecular formula is C11H6Cl2N4O3. The van der Waals surface area contributed by atoms with Crippen molar-refractivity contribution in [2.24, 2.45) is 0 Å². The summed E-state index contributed by atoms with van der Waals surface area (Å²) in [6, 6.07) is 3.27. The third kappa shape index (κ3) is 2.28. The molecule has 1 aromatic carbocycles. The zero-order valence-electron chi connectivity index (χ0n) is 9.67. The van der Waals surface area contributed by atoms with Crippen molar-refractivity contribution in [3.63, 3.8) is 0 Å². The molecule has 7 nitrogen and oxygen atoms in total. The Hall–Kier alpha value is -2.25. The summed E-state index contributed by atoms with van der Waals surface area (Å²) in [5.41, 5.74) is 1.30. The number of carbonyl (C=O) groups is 1. The van der Waals surface area contributed by atoms with Gasteiger partial charge in [0, 0.05) is 0 Å². The number of H-pyrrole nitrogens is 1. The van der Waals surface area contributed by atoms with E-state index >= 15 is 0 Å². The molecule has 9 heteroatoms. The van der Waals surface area contributed by atoms with Crippen LogP contribution in [0.2, 0.25) is 10.0 Å². The third-order valence-corrected chi connectivity index (χ3v) is 3.21. The largest absolute Gasteiger partial charge is 0.511 e. The molecule has 0 aliphatic carbocycles. The van der Waals surface area contributed by atoms with Crippen LogP contribution in [0.15, 0.2) is 24.5 Å². The summed E-state index contributed by atoms with van der Waals surface area (Å²) in [5, 5.41) is 13.3. The molecule has 0 bridgehead atoms. The molecule has 3 rings (SSSR count). The van der Waals surface area contributed by atoms with Crippen LogP contribution in [0.25, 0.3) is 17.0 Å². The Kier molecular flexibility index (Phi) is 3.00. The van der Waals surface area contributed by atoms with Crippen LogP contribution < -0.4 is 4.74 Å². The zero-order valence-corrected chi connectivity index (χ0v) is 11.2. The van der Waals surface area contributed by atoms with Crippen molar-refractivity contribution in [1.29, 1.82) is 0 Å². The van der Waals surface area contributed by atoms with Gasteiger partial charge in [0.05, 0.1) is 33.5 Å². The van der Waals surface area contributed by atoms with Gasteiger partial charge in [0.15, 0.2) is 5.75 Å². The van der Waals surface area contributed by atoms with Gasteiger partial charge < -0.3 is 14.8 Å². The first-order valence-corrected chi connectivity index (χ1v) is 6.09. The van der Waals surface area contributed by atoms with Crippen molar-refractivity contribution in [1.82, 2.24) is 19.7 Å². The van der Waals surface area contributed by atoms with E-state index in [0.717, 1.165) is 0 Å². The molecule has 0 radical (unpaired) electrons. The lowest BCUT2D eigenvalue weighted by Crippen LogP contribution is -2.02. The highest BCUT2D eigenvalue weighted by atomic mass is 35.5. The van der Waals surface area contributed by atoms with Crippen molar-refractivity contribution >= 4 is 40.4 Å². The van der Waals surface area contributed by atoms with E-state index in [2.05, 4.69) is 19.8 Å². The van der Waals surface area contributed by atoms with Crippen molar-refractivity contribution in [2.45, 2.75) is 0 Å². The number of benzene rings is 1. The average molecular weight is 313 g/mol. The van der Waals surface area contributed by atoms with E-state index in [4.69, 9.17) is 28.3 Å². The highest BCUT2D eigenvalue weighted by Gasteiger charge is 2.10. The van der Waals surface area contributed by atoms with Crippen LogP contribution in [0.1, 0.15) is 0 Å². The molecule has 0 aliphatic heterocycles. The lowest BCUT2D eigenvalue weighted by atomic mass is 10.3. The van der Waals surface area contributed by atoms with Crippen LogP contribution in [-0.2, 0) is 0 Å². The molecule has 0 fully saturated rings. The predicted molar refractivity (Wildman–Crippen MR) is 71.9 cm³/mol. The molecular weight excluding hydrogens is 307 g/mol. The predicted octanol–water partition coefficient (Wildman–Crippen LogP) is 3.11.